The first-order chi connectivity index (χ1) is 9.58. The molecule has 0 spiro atoms. The van der Waals surface area contributed by atoms with Crippen LogP contribution < -0.4 is 5.32 Å². The molecule has 1 saturated carbocycles. The minimum absolute atomic E-state index is 0.165. The Morgan fingerprint density at radius 1 is 1.30 bits per heavy atom. The Balaban J connectivity index is 1.85. The fourth-order valence-corrected chi connectivity index (χ4v) is 3.46. The van der Waals surface area contributed by atoms with Crippen molar-refractivity contribution in [2.75, 3.05) is 13.7 Å². The predicted octanol–water partition coefficient (Wildman–Crippen LogP) is 2.72. The van der Waals surface area contributed by atoms with Crippen LogP contribution in [0.15, 0.2) is 4.52 Å². The van der Waals surface area contributed by atoms with E-state index in [2.05, 4.69) is 24.3 Å². The second-order valence-corrected chi connectivity index (χ2v) is 6.67. The smallest absolute Gasteiger partial charge is 0.246 e. The highest BCUT2D eigenvalue weighted by Crippen LogP contribution is 2.41. The van der Waals surface area contributed by atoms with E-state index in [1.165, 1.54) is 0 Å². The van der Waals surface area contributed by atoms with E-state index in [0.29, 0.717) is 5.89 Å². The zero-order valence-electron chi connectivity index (χ0n) is 12.7. The lowest BCUT2D eigenvalue weighted by Gasteiger charge is -2.35. The SMILES string of the molecule is COC1(c2noc(C3(C)CCCN3)n2)CCC(C)CC1. The van der Waals surface area contributed by atoms with Gasteiger partial charge in [-0.15, -0.1) is 0 Å². The molecule has 2 fully saturated rings. The summed E-state index contributed by atoms with van der Waals surface area (Å²) in [6.45, 7) is 5.45. The van der Waals surface area contributed by atoms with Gasteiger partial charge in [-0.05, 0) is 57.9 Å². The van der Waals surface area contributed by atoms with E-state index in [1.807, 2.05) is 0 Å². The highest BCUT2D eigenvalue weighted by molar-refractivity contribution is 5.09. The van der Waals surface area contributed by atoms with Gasteiger partial charge in [-0.1, -0.05) is 12.1 Å². The van der Waals surface area contributed by atoms with Crippen LogP contribution in [-0.2, 0) is 15.9 Å². The summed E-state index contributed by atoms with van der Waals surface area (Å²) in [5, 5.41) is 7.71. The zero-order chi connectivity index (χ0) is 14.2. The molecule has 1 aromatic heterocycles. The highest BCUT2D eigenvalue weighted by Gasteiger charge is 2.43. The molecule has 0 amide bonds. The van der Waals surface area contributed by atoms with Crippen LogP contribution in [0.25, 0.3) is 0 Å². The molecule has 1 saturated heterocycles. The number of hydrogen-bond donors (Lipinski definition) is 1. The van der Waals surface area contributed by atoms with Crippen LogP contribution in [0, 0.1) is 5.92 Å². The molecule has 20 heavy (non-hydrogen) atoms. The summed E-state index contributed by atoms with van der Waals surface area (Å²) in [6, 6.07) is 0. The third kappa shape index (κ3) is 2.27. The van der Waals surface area contributed by atoms with Crippen LogP contribution in [0.2, 0.25) is 0 Å². The van der Waals surface area contributed by atoms with Crippen LogP contribution in [0.4, 0.5) is 0 Å². The second-order valence-electron chi connectivity index (χ2n) is 6.67. The quantitative estimate of drug-likeness (QED) is 0.922. The van der Waals surface area contributed by atoms with Crippen LogP contribution in [-0.4, -0.2) is 23.8 Å². The van der Waals surface area contributed by atoms with Crippen molar-refractivity contribution in [3.8, 4) is 0 Å². The molecule has 2 aliphatic rings. The predicted molar refractivity (Wildman–Crippen MR) is 75.2 cm³/mol. The largest absolute Gasteiger partial charge is 0.370 e. The van der Waals surface area contributed by atoms with Gasteiger partial charge < -0.3 is 14.6 Å². The number of methoxy groups -OCH3 is 1. The molecule has 0 radical (unpaired) electrons. The molecular weight excluding hydrogens is 254 g/mol. The zero-order valence-corrected chi connectivity index (χ0v) is 12.7. The van der Waals surface area contributed by atoms with Crippen LogP contribution in [0.3, 0.4) is 0 Å². The summed E-state index contributed by atoms with van der Waals surface area (Å²) >= 11 is 0. The van der Waals surface area contributed by atoms with E-state index in [4.69, 9.17) is 14.2 Å². The first-order valence-corrected chi connectivity index (χ1v) is 7.73. The molecule has 1 unspecified atom stereocenters. The van der Waals surface area contributed by atoms with Crippen molar-refractivity contribution in [3.05, 3.63) is 11.7 Å². The molecule has 2 heterocycles. The van der Waals surface area contributed by atoms with Crippen molar-refractivity contribution in [1.29, 1.82) is 0 Å². The molecule has 1 N–H and O–H groups in total. The monoisotopic (exact) mass is 279 g/mol. The van der Waals surface area contributed by atoms with E-state index < -0.39 is 0 Å². The average Bonchev–Trinajstić information content (AvgIpc) is 3.10. The van der Waals surface area contributed by atoms with Crippen LogP contribution in [0.1, 0.15) is 64.1 Å². The minimum Gasteiger partial charge on any atom is -0.370 e. The van der Waals surface area contributed by atoms with E-state index in [1.54, 1.807) is 7.11 Å². The number of hydrogen-bond acceptors (Lipinski definition) is 5. The van der Waals surface area contributed by atoms with E-state index in [9.17, 15) is 0 Å². The first kappa shape index (κ1) is 14.0. The lowest BCUT2D eigenvalue weighted by molar-refractivity contribution is -0.0609. The lowest BCUT2D eigenvalue weighted by Crippen LogP contribution is -2.36. The van der Waals surface area contributed by atoms with Gasteiger partial charge in [0, 0.05) is 7.11 Å². The molecule has 1 aromatic rings. The summed E-state index contributed by atoms with van der Waals surface area (Å²) in [5.41, 5.74) is -0.509. The topological polar surface area (TPSA) is 60.2 Å². The van der Waals surface area contributed by atoms with Crippen molar-refractivity contribution < 1.29 is 9.26 Å². The Bertz CT molecular complexity index is 457. The van der Waals surface area contributed by atoms with Gasteiger partial charge in [-0.3, -0.25) is 0 Å². The van der Waals surface area contributed by atoms with Crippen molar-refractivity contribution in [2.45, 2.75) is 63.5 Å². The summed E-state index contributed by atoms with van der Waals surface area (Å²) in [6.07, 6.45) is 6.48. The lowest BCUT2D eigenvalue weighted by atomic mass is 9.79. The standard InChI is InChI=1S/C15H25N3O2/c1-11-5-8-15(19-3,9-6-11)12-17-13(20-18-12)14(2)7-4-10-16-14/h11,16H,4-10H2,1-3H3. The Hall–Kier alpha value is -0.940. The third-order valence-electron chi connectivity index (χ3n) is 5.15. The van der Waals surface area contributed by atoms with Crippen LogP contribution in [0.5, 0.6) is 0 Å². The van der Waals surface area contributed by atoms with Crippen molar-refractivity contribution >= 4 is 0 Å². The maximum atomic E-state index is 5.82. The summed E-state index contributed by atoms with van der Waals surface area (Å²) in [5.74, 6) is 2.20. The maximum absolute atomic E-state index is 5.82. The van der Waals surface area contributed by atoms with Crippen molar-refractivity contribution in [3.63, 3.8) is 0 Å². The molecule has 1 aliphatic carbocycles. The van der Waals surface area contributed by atoms with Crippen molar-refractivity contribution in [2.24, 2.45) is 5.92 Å². The number of nitrogens with one attached hydrogen (secondary N) is 1. The molecule has 1 atom stereocenters. The van der Waals surface area contributed by atoms with Gasteiger partial charge in [0.25, 0.3) is 0 Å². The minimum atomic E-state index is -0.344. The number of ether oxygens (including phenoxy) is 1. The van der Waals surface area contributed by atoms with Gasteiger partial charge in [0.05, 0.1) is 5.54 Å². The molecule has 0 aromatic carbocycles. The van der Waals surface area contributed by atoms with Crippen LogP contribution >= 0.6 is 0 Å². The number of rotatable bonds is 3. The Morgan fingerprint density at radius 2 is 2.05 bits per heavy atom. The molecule has 5 heteroatoms. The molecule has 3 rings (SSSR count). The van der Waals surface area contributed by atoms with Gasteiger partial charge in [0.2, 0.25) is 11.7 Å². The molecule has 0 bridgehead atoms. The molecular formula is C15H25N3O2. The van der Waals surface area contributed by atoms with Gasteiger partial charge in [0.15, 0.2) is 0 Å². The van der Waals surface area contributed by atoms with E-state index in [0.717, 1.165) is 56.8 Å². The van der Waals surface area contributed by atoms with Crippen molar-refractivity contribution in [1.82, 2.24) is 15.5 Å². The fourth-order valence-electron chi connectivity index (χ4n) is 3.46. The Morgan fingerprint density at radius 3 is 2.65 bits per heavy atom. The summed E-state index contributed by atoms with van der Waals surface area (Å²) < 4.78 is 11.4. The van der Waals surface area contributed by atoms with Gasteiger partial charge in [0.1, 0.15) is 5.60 Å². The number of aromatic nitrogens is 2. The van der Waals surface area contributed by atoms with Gasteiger partial charge >= 0.3 is 0 Å². The summed E-state index contributed by atoms with van der Waals surface area (Å²) in [4.78, 5) is 4.69. The maximum Gasteiger partial charge on any atom is 0.246 e. The fraction of sp³-hybridized carbons (Fsp3) is 0.867. The average molecular weight is 279 g/mol. The van der Waals surface area contributed by atoms with Gasteiger partial charge in [-0.25, -0.2) is 0 Å². The second kappa shape index (κ2) is 5.11. The first-order valence-electron chi connectivity index (χ1n) is 7.73. The normalized spacial score (nSPS) is 38.2. The highest BCUT2D eigenvalue weighted by atomic mass is 16.5. The molecule has 1 aliphatic heterocycles. The summed E-state index contributed by atoms with van der Waals surface area (Å²) in [7, 11) is 1.77. The number of nitrogens with zero attached hydrogens (tertiary/aromatic N) is 2. The Kier molecular flexibility index (Phi) is 3.58. The Labute approximate surface area is 120 Å². The molecule has 5 nitrogen and oxygen atoms in total. The van der Waals surface area contributed by atoms with E-state index >= 15 is 0 Å². The molecule has 112 valence electrons. The van der Waals surface area contributed by atoms with Gasteiger partial charge in [-0.2, -0.15) is 4.98 Å². The third-order valence-corrected chi connectivity index (χ3v) is 5.15. The van der Waals surface area contributed by atoms with E-state index in [-0.39, 0.29) is 11.1 Å².